The molecule has 1 unspecified atom stereocenters. The van der Waals surface area contributed by atoms with Gasteiger partial charge in [0, 0.05) is 30.3 Å². The molecule has 0 spiro atoms. The second-order valence-electron chi connectivity index (χ2n) is 6.12. The molecule has 0 aromatic carbocycles. The summed E-state index contributed by atoms with van der Waals surface area (Å²) in [5.74, 6) is 1.77. The lowest BCUT2D eigenvalue weighted by molar-refractivity contribution is 0.281. The minimum atomic E-state index is -0.0194. The molecule has 6 heteroatoms. The number of anilines is 1. The summed E-state index contributed by atoms with van der Waals surface area (Å²) in [6, 6.07) is 0.323. The van der Waals surface area contributed by atoms with Gasteiger partial charge in [0.25, 0.3) is 0 Å². The predicted molar refractivity (Wildman–Crippen MR) is 105 cm³/mol. The predicted octanol–water partition coefficient (Wildman–Crippen LogP) is 4.55. The molecule has 1 aliphatic rings. The molecule has 0 amide bonds. The van der Waals surface area contributed by atoms with E-state index in [-0.39, 0.29) is 6.04 Å². The third-order valence-corrected chi connectivity index (χ3v) is 4.35. The van der Waals surface area contributed by atoms with Crippen LogP contribution in [0, 0.1) is 0 Å². The highest BCUT2D eigenvalue weighted by atomic mass is 32.1. The minimum Gasteiger partial charge on any atom is -0.501 e. The van der Waals surface area contributed by atoms with E-state index in [2.05, 4.69) is 36.3 Å². The highest BCUT2D eigenvalue weighted by molar-refractivity contribution is 7.13. The molecule has 5 nitrogen and oxygen atoms in total. The van der Waals surface area contributed by atoms with Crippen LogP contribution in [0.15, 0.2) is 46.2 Å². The van der Waals surface area contributed by atoms with Gasteiger partial charge in [-0.15, -0.1) is 11.3 Å². The van der Waals surface area contributed by atoms with Crippen molar-refractivity contribution in [2.75, 3.05) is 19.5 Å². The summed E-state index contributed by atoms with van der Waals surface area (Å²) in [5.41, 5.74) is 1.67. The quantitative estimate of drug-likeness (QED) is 0.782. The fourth-order valence-corrected chi connectivity index (χ4v) is 3.23. The number of rotatable bonds is 5. The van der Waals surface area contributed by atoms with Crippen molar-refractivity contribution in [3.8, 4) is 0 Å². The van der Waals surface area contributed by atoms with E-state index in [1.807, 2.05) is 24.5 Å². The average molecular weight is 362 g/mol. The number of aliphatic imine (C=N–C) groups is 1. The number of thiazole rings is 1. The zero-order valence-electron chi connectivity index (χ0n) is 15.6. The van der Waals surface area contributed by atoms with Gasteiger partial charge in [0.15, 0.2) is 5.13 Å². The molecule has 0 saturated carbocycles. The fourth-order valence-electron chi connectivity index (χ4n) is 2.38. The van der Waals surface area contributed by atoms with Crippen molar-refractivity contribution in [3.05, 3.63) is 46.9 Å². The molecule has 0 saturated heterocycles. The Morgan fingerprint density at radius 1 is 1.16 bits per heavy atom. The van der Waals surface area contributed by atoms with Crippen LogP contribution in [0.3, 0.4) is 0 Å². The van der Waals surface area contributed by atoms with E-state index in [4.69, 9.17) is 14.5 Å². The Balaban J connectivity index is 2.40. The van der Waals surface area contributed by atoms with Gasteiger partial charge < -0.3 is 14.8 Å². The first-order chi connectivity index (χ1) is 12.0. The maximum atomic E-state index is 5.52. The average Bonchev–Trinajstić information content (AvgIpc) is 3.01. The Hall–Kier alpha value is -2.08. The third kappa shape index (κ3) is 6.05. The van der Waals surface area contributed by atoms with Crippen LogP contribution in [0.25, 0.3) is 0 Å². The lowest BCUT2D eigenvalue weighted by atomic mass is 10.2. The van der Waals surface area contributed by atoms with Crippen molar-refractivity contribution in [3.63, 3.8) is 0 Å². The molecule has 1 aromatic rings. The highest BCUT2D eigenvalue weighted by Crippen LogP contribution is 2.20. The van der Waals surface area contributed by atoms with E-state index in [1.165, 1.54) is 0 Å². The Morgan fingerprint density at radius 2 is 1.84 bits per heavy atom. The molecule has 0 radical (unpaired) electrons. The summed E-state index contributed by atoms with van der Waals surface area (Å²) in [7, 11) is 3.38. The molecule has 0 aliphatic carbocycles. The van der Waals surface area contributed by atoms with Gasteiger partial charge in [-0.05, 0) is 26.8 Å². The van der Waals surface area contributed by atoms with E-state index < -0.39 is 0 Å². The maximum Gasteiger partial charge on any atom is 0.183 e. The van der Waals surface area contributed by atoms with Crippen LogP contribution in [0.1, 0.15) is 39.3 Å². The van der Waals surface area contributed by atoms with Crippen LogP contribution in [-0.2, 0) is 9.47 Å². The number of nitrogens with one attached hydrogen (secondary N) is 1. The van der Waals surface area contributed by atoms with E-state index in [1.54, 1.807) is 25.6 Å². The Morgan fingerprint density at radius 3 is 2.48 bits per heavy atom. The Bertz CT molecular complexity index is 687. The van der Waals surface area contributed by atoms with Crippen LogP contribution in [0.5, 0.6) is 0 Å². The second kappa shape index (κ2) is 9.42. The maximum absolute atomic E-state index is 5.52. The smallest absolute Gasteiger partial charge is 0.183 e. The van der Waals surface area contributed by atoms with Crippen LogP contribution >= 0.6 is 11.3 Å². The lowest BCUT2D eigenvalue weighted by Gasteiger charge is -2.08. The van der Waals surface area contributed by atoms with Gasteiger partial charge in [-0.2, -0.15) is 0 Å². The summed E-state index contributed by atoms with van der Waals surface area (Å²) in [5, 5.41) is 6.26. The SMILES string of the molecule is CO/C1=C/C(c2csc(NC(C)C)n2)=NC(C)/C=C(/OC)C/C=C\C1. The van der Waals surface area contributed by atoms with Crippen LogP contribution in [-0.4, -0.2) is 37.0 Å². The molecular formula is C19H27N3O2S. The zero-order chi connectivity index (χ0) is 18.2. The van der Waals surface area contributed by atoms with Gasteiger partial charge in [0.1, 0.15) is 11.5 Å². The van der Waals surface area contributed by atoms with E-state index >= 15 is 0 Å². The van der Waals surface area contributed by atoms with Crippen molar-refractivity contribution < 1.29 is 9.47 Å². The summed E-state index contributed by atoms with van der Waals surface area (Å²) >= 11 is 1.58. The van der Waals surface area contributed by atoms with E-state index in [0.29, 0.717) is 12.5 Å². The highest BCUT2D eigenvalue weighted by Gasteiger charge is 2.12. The van der Waals surface area contributed by atoms with Crippen molar-refractivity contribution in [1.82, 2.24) is 4.98 Å². The number of nitrogens with zero attached hydrogens (tertiary/aromatic N) is 2. The molecule has 2 heterocycles. The van der Waals surface area contributed by atoms with Crippen LogP contribution in [0.4, 0.5) is 5.13 Å². The van der Waals surface area contributed by atoms with Gasteiger partial charge in [0.05, 0.1) is 31.7 Å². The standard InChI is InChI=1S/C19H27N3O2S/c1-13(2)20-19-22-18(12-25-19)17-11-16(24-5)9-7-6-8-15(23-4)10-14(3)21-17/h6-7,10-14H,8-9H2,1-5H3,(H,20,22)/b7-6-,15-10+,16-11+,21-17?. The summed E-state index contributed by atoms with van der Waals surface area (Å²) in [4.78, 5) is 9.50. The normalized spacial score (nSPS) is 24.2. The minimum absolute atomic E-state index is 0.0194. The largest absolute Gasteiger partial charge is 0.501 e. The molecule has 2 rings (SSSR count). The van der Waals surface area contributed by atoms with Gasteiger partial charge in [-0.1, -0.05) is 12.2 Å². The van der Waals surface area contributed by atoms with Crippen molar-refractivity contribution >= 4 is 22.2 Å². The summed E-state index contributed by atoms with van der Waals surface area (Å²) in [6.07, 6.45) is 9.65. The molecule has 1 atom stereocenters. The van der Waals surface area contributed by atoms with Crippen molar-refractivity contribution in [2.45, 2.75) is 45.7 Å². The lowest BCUT2D eigenvalue weighted by Crippen LogP contribution is -2.10. The van der Waals surface area contributed by atoms with Gasteiger partial charge >= 0.3 is 0 Å². The Kier molecular flexibility index (Phi) is 7.25. The molecule has 0 bridgehead atoms. The first-order valence-corrected chi connectivity index (χ1v) is 9.34. The topological polar surface area (TPSA) is 55.7 Å². The number of ether oxygens (including phenoxy) is 2. The van der Waals surface area contributed by atoms with Gasteiger partial charge in [-0.25, -0.2) is 4.98 Å². The molecule has 0 fully saturated rings. The molecule has 136 valence electrons. The monoisotopic (exact) mass is 361 g/mol. The molecule has 1 aromatic heterocycles. The molecule has 25 heavy (non-hydrogen) atoms. The van der Waals surface area contributed by atoms with E-state index in [9.17, 15) is 0 Å². The second-order valence-corrected chi connectivity index (χ2v) is 6.98. The third-order valence-electron chi connectivity index (χ3n) is 3.58. The number of hydrogen-bond acceptors (Lipinski definition) is 6. The molecule has 1 N–H and O–H groups in total. The first-order valence-electron chi connectivity index (χ1n) is 8.46. The molecular weight excluding hydrogens is 334 g/mol. The Labute approximate surface area is 154 Å². The number of aromatic nitrogens is 1. The number of allylic oxidation sites excluding steroid dienone is 3. The number of methoxy groups -OCH3 is 2. The zero-order valence-corrected chi connectivity index (χ0v) is 16.4. The first kappa shape index (κ1) is 19.2. The van der Waals surface area contributed by atoms with Crippen LogP contribution in [0.2, 0.25) is 0 Å². The summed E-state index contributed by atoms with van der Waals surface area (Å²) < 4.78 is 11.0. The van der Waals surface area contributed by atoms with Crippen molar-refractivity contribution in [1.29, 1.82) is 0 Å². The van der Waals surface area contributed by atoms with Gasteiger partial charge in [0.2, 0.25) is 0 Å². The fraction of sp³-hybridized carbons (Fsp3) is 0.474. The summed E-state index contributed by atoms with van der Waals surface area (Å²) in [6.45, 7) is 6.24. The van der Waals surface area contributed by atoms with Gasteiger partial charge in [-0.3, -0.25) is 4.99 Å². The molecule has 1 aliphatic heterocycles. The number of hydrogen-bond donors (Lipinski definition) is 1. The van der Waals surface area contributed by atoms with Crippen LogP contribution < -0.4 is 5.32 Å². The van der Waals surface area contributed by atoms with E-state index in [0.717, 1.165) is 34.5 Å². The van der Waals surface area contributed by atoms with Crippen molar-refractivity contribution in [2.24, 2.45) is 4.99 Å².